The number of rotatable bonds is 11. The predicted octanol–water partition coefficient (Wildman–Crippen LogP) is 3.59. The van der Waals surface area contributed by atoms with Crippen LogP contribution in [0, 0.1) is 0 Å². The van der Waals surface area contributed by atoms with Crippen molar-refractivity contribution >= 4 is 18.0 Å². The second-order valence-electron chi connectivity index (χ2n) is 8.64. The number of benzene rings is 2. The molecule has 0 radical (unpaired) electrons. The van der Waals surface area contributed by atoms with E-state index in [1.165, 1.54) is 0 Å². The monoisotopic (exact) mass is 492 g/mol. The molecule has 0 aliphatic rings. The fraction of sp³-hybridized carbons (Fsp3) is 0.400. The highest BCUT2D eigenvalue weighted by atomic mass is 19.3. The topological polar surface area (TPSA) is 103 Å². The van der Waals surface area contributed by atoms with Crippen LogP contribution in [0.4, 0.5) is 13.6 Å². The third kappa shape index (κ3) is 11.0. The number of alkyl halides is 2. The Hall–Kier alpha value is -3.53. The third-order valence-corrected chi connectivity index (χ3v) is 4.50. The number of carbonyl (C=O) groups excluding carboxylic acids is 3. The zero-order valence-electron chi connectivity index (χ0n) is 19.8. The minimum atomic E-state index is -3.17. The highest BCUT2D eigenvalue weighted by Gasteiger charge is 2.30. The summed E-state index contributed by atoms with van der Waals surface area (Å²) in [6.45, 7) is 0.804. The highest BCUT2D eigenvalue weighted by molar-refractivity contribution is 5.90. The number of alkyl carbamates (subject to hydrolysis) is 1. The SMILES string of the molecule is CC(C)(C)OC(=O)N[C@@H](COC(F)F)C(=O)N[C@@H](Cc1ccccc1)C(=O)OCc1ccccc1. The number of hydrogen-bond donors (Lipinski definition) is 2. The summed E-state index contributed by atoms with van der Waals surface area (Å²) >= 11 is 0. The molecule has 2 N–H and O–H groups in total. The number of halogens is 2. The second-order valence-corrected chi connectivity index (χ2v) is 8.64. The molecule has 0 heterocycles. The first-order chi connectivity index (χ1) is 16.5. The average molecular weight is 493 g/mol. The van der Waals surface area contributed by atoms with Crippen molar-refractivity contribution in [3.05, 3.63) is 71.8 Å². The smallest absolute Gasteiger partial charge is 0.408 e. The van der Waals surface area contributed by atoms with Crippen LogP contribution < -0.4 is 10.6 Å². The van der Waals surface area contributed by atoms with E-state index >= 15 is 0 Å². The first kappa shape index (κ1) is 27.7. The number of carbonyl (C=O) groups is 3. The Morgan fingerprint density at radius 1 is 0.857 bits per heavy atom. The molecular formula is C25H30F2N2O6. The minimum Gasteiger partial charge on any atom is -0.459 e. The van der Waals surface area contributed by atoms with Gasteiger partial charge in [-0.1, -0.05) is 60.7 Å². The summed E-state index contributed by atoms with van der Waals surface area (Å²) in [4.78, 5) is 37.9. The van der Waals surface area contributed by atoms with E-state index in [1.807, 2.05) is 6.07 Å². The fourth-order valence-electron chi connectivity index (χ4n) is 2.95. The van der Waals surface area contributed by atoms with E-state index in [-0.39, 0.29) is 13.0 Å². The fourth-order valence-corrected chi connectivity index (χ4v) is 2.95. The number of ether oxygens (including phenoxy) is 3. The van der Waals surface area contributed by atoms with Gasteiger partial charge in [0.25, 0.3) is 0 Å². The summed E-state index contributed by atoms with van der Waals surface area (Å²) in [6, 6.07) is 15.1. The van der Waals surface area contributed by atoms with Crippen molar-refractivity contribution in [2.75, 3.05) is 6.61 Å². The maximum Gasteiger partial charge on any atom is 0.408 e. The third-order valence-electron chi connectivity index (χ3n) is 4.50. The molecular weight excluding hydrogens is 462 g/mol. The minimum absolute atomic E-state index is 0.0189. The summed E-state index contributed by atoms with van der Waals surface area (Å²) in [5.41, 5.74) is 0.599. The molecule has 0 fully saturated rings. The van der Waals surface area contributed by atoms with E-state index in [2.05, 4.69) is 15.4 Å². The second kappa shape index (κ2) is 13.4. The van der Waals surface area contributed by atoms with Crippen molar-refractivity contribution in [2.45, 2.75) is 58.1 Å². The highest BCUT2D eigenvalue weighted by Crippen LogP contribution is 2.10. The lowest BCUT2D eigenvalue weighted by atomic mass is 10.1. The predicted molar refractivity (Wildman–Crippen MR) is 123 cm³/mol. The molecule has 0 bridgehead atoms. The van der Waals surface area contributed by atoms with Crippen molar-refractivity contribution in [1.29, 1.82) is 0 Å². The molecule has 2 rings (SSSR count). The lowest BCUT2D eigenvalue weighted by molar-refractivity contribution is -0.152. The van der Waals surface area contributed by atoms with Gasteiger partial charge >= 0.3 is 18.7 Å². The lowest BCUT2D eigenvalue weighted by Gasteiger charge is -2.25. The number of hydrogen-bond acceptors (Lipinski definition) is 6. The molecule has 2 aromatic rings. The van der Waals surface area contributed by atoms with Crippen molar-refractivity contribution in [2.24, 2.45) is 0 Å². The van der Waals surface area contributed by atoms with Crippen LogP contribution in [0.25, 0.3) is 0 Å². The number of nitrogens with one attached hydrogen (secondary N) is 2. The summed E-state index contributed by atoms with van der Waals surface area (Å²) in [7, 11) is 0. The summed E-state index contributed by atoms with van der Waals surface area (Å²) < 4.78 is 40.0. The van der Waals surface area contributed by atoms with Gasteiger partial charge in [-0.2, -0.15) is 8.78 Å². The molecule has 0 saturated carbocycles. The number of amides is 2. The molecule has 2 amide bonds. The van der Waals surface area contributed by atoms with Crippen LogP contribution >= 0.6 is 0 Å². The Morgan fingerprint density at radius 2 is 1.43 bits per heavy atom. The van der Waals surface area contributed by atoms with Crippen LogP contribution in [-0.2, 0) is 36.8 Å². The Balaban J connectivity index is 2.14. The molecule has 2 aromatic carbocycles. The van der Waals surface area contributed by atoms with Gasteiger partial charge in [0.2, 0.25) is 5.91 Å². The van der Waals surface area contributed by atoms with Gasteiger partial charge in [0.1, 0.15) is 24.3 Å². The van der Waals surface area contributed by atoms with Crippen molar-refractivity contribution < 1.29 is 37.4 Å². The van der Waals surface area contributed by atoms with Crippen molar-refractivity contribution in [3.63, 3.8) is 0 Å². The number of esters is 1. The first-order valence-corrected chi connectivity index (χ1v) is 11.0. The van der Waals surface area contributed by atoms with Gasteiger partial charge in [0.05, 0.1) is 6.61 Å². The normalized spacial score (nSPS) is 13.0. The van der Waals surface area contributed by atoms with Gasteiger partial charge < -0.3 is 24.8 Å². The van der Waals surface area contributed by atoms with Gasteiger partial charge in [0, 0.05) is 6.42 Å². The molecule has 0 aromatic heterocycles. The largest absolute Gasteiger partial charge is 0.459 e. The maximum atomic E-state index is 12.9. The van der Waals surface area contributed by atoms with E-state index in [0.717, 1.165) is 11.1 Å². The van der Waals surface area contributed by atoms with Gasteiger partial charge in [-0.3, -0.25) is 4.79 Å². The van der Waals surface area contributed by atoms with Crippen LogP contribution in [0.5, 0.6) is 0 Å². The van der Waals surface area contributed by atoms with E-state index in [9.17, 15) is 23.2 Å². The zero-order chi connectivity index (χ0) is 25.8. The van der Waals surface area contributed by atoms with E-state index in [1.54, 1.807) is 75.4 Å². The molecule has 0 saturated heterocycles. The molecule has 10 heteroatoms. The van der Waals surface area contributed by atoms with Crippen molar-refractivity contribution in [1.82, 2.24) is 10.6 Å². The Morgan fingerprint density at radius 3 is 1.97 bits per heavy atom. The van der Waals surface area contributed by atoms with Gasteiger partial charge in [-0.15, -0.1) is 0 Å². The molecule has 0 aliphatic carbocycles. The first-order valence-electron chi connectivity index (χ1n) is 11.0. The lowest BCUT2D eigenvalue weighted by Crippen LogP contribution is -2.55. The van der Waals surface area contributed by atoms with E-state index in [0.29, 0.717) is 0 Å². The van der Waals surface area contributed by atoms with Gasteiger partial charge in [-0.25, -0.2) is 9.59 Å². The molecule has 0 unspecified atom stereocenters. The van der Waals surface area contributed by atoms with Gasteiger partial charge in [0.15, 0.2) is 0 Å². The van der Waals surface area contributed by atoms with Crippen molar-refractivity contribution in [3.8, 4) is 0 Å². The molecule has 190 valence electrons. The summed E-state index contributed by atoms with van der Waals surface area (Å²) in [6.07, 6.45) is -0.920. The Bertz CT molecular complexity index is 951. The zero-order valence-corrected chi connectivity index (χ0v) is 19.8. The quantitative estimate of drug-likeness (QED) is 0.465. The Kier molecular flexibility index (Phi) is 10.6. The summed E-state index contributed by atoms with van der Waals surface area (Å²) in [5.74, 6) is -1.63. The summed E-state index contributed by atoms with van der Waals surface area (Å²) in [5, 5.41) is 4.70. The molecule has 35 heavy (non-hydrogen) atoms. The molecule has 0 spiro atoms. The van der Waals surface area contributed by atoms with Crippen LogP contribution in [0.3, 0.4) is 0 Å². The van der Waals surface area contributed by atoms with Crippen LogP contribution in [0.15, 0.2) is 60.7 Å². The van der Waals surface area contributed by atoms with Crippen LogP contribution in [-0.4, -0.2) is 48.9 Å². The van der Waals surface area contributed by atoms with Crippen LogP contribution in [0.2, 0.25) is 0 Å². The maximum absolute atomic E-state index is 12.9. The van der Waals surface area contributed by atoms with Crippen LogP contribution in [0.1, 0.15) is 31.9 Å². The Labute approximate surface area is 202 Å². The van der Waals surface area contributed by atoms with E-state index in [4.69, 9.17) is 9.47 Å². The molecule has 2 atom stereocenters. The average Bonchev–Trinajstić information content (AvgIpc) is 2.79. The molecule has 8 nitrogen and oxygen atoms in total. The molecule has 0 aliphatic heterocycles. The van der Waals surface area contributed by atoms with Gasteiger partial charge in [-0.05, 0) is 31.9 Å². The van der Waals surface area contributed by atoms with E-state index < -0.39 is 48.9 Å². The standard InChI is InChI=1S/C25H30F2N2O6/c1-25(2,3)35-24(32)29-20(16-34-23(26)27)21(30)28-19(14-17-10-6-4-7-11-17)22(31)33-15-18-12-8-5-9-13-18/h4-13,19-20,23H,14-16H2,1-3H3,(H,28,30)(H,29,32)/t19-,20-/m0/s1.